The third-order valence-corrected chi connectivity index (χ3v) is 3.56. The van der Waals surface area contributed by atoms with Gasteiger partial charge in [0.25, 0.3) is 0 Å². The number of rotatable bonds is 6. The molecule has 20 heavy (non-hydrogen) atoms. The maximum atomic E-state index is 5.59. The normalized spacial score (nSPS) is 16.1. The van der Waals surface area contributed by atoms with Crippen molar-refractivity contribution in [2.24, 2.45) is 0 Å². The number of methoxy groups -OCH3 is 3. The van der Waals surface area contributed by atoms with Crippen molar-refractivity contribution < 1.29 is 14.2 Å². The Balaban J connectivity index is 2.25. The predicted molar refractivity (Wildman–Crippen MR) is 78.4 cm³/mol. The SMILES string of the molecule is COCc1cc(OC)cc(CN2CCNCC2)c1OC. The average Bonchev–Trinajstić information content (AvgIpc) is 2.48. The summed E-state index contributed by atoms with van der Waals surface area (Å²) in [5, 5.41) is 3.37. The van der Waals surface area contributed by atoms with Crippen molar-refractivity contribution in [1.82, 2.24) is 10.2 Å². The topological polar surface area (TPSA) is 43.0 Å². The van der Waals surface area contributed by atoms with Crippen LogP contribution in [-0.4, -0.2) is 52.4 Å². The van der Waals surface area contributed by atoms with Gasteiger partial charge in [0.2, 0.25) is 0 Å². The highest BCUT2D eigenvalue weighted by atomic mass is 16.5. The first-order chi connectivity index (χ1) is 9.78. The lowest BCUT2D eigenvalue weighted by Gasteiger charge is -2.28. The van der Waals surface area contributed by atoms with Crippen LogP contribution >= 0.6 is 0 Å². The fraction of sp³-hybridized carbons (Fsp3) is 0.600. The van der Waals surface area contributed by atoms with Crippen LogP contribution in [0.15, 0.2) is 12.1 Å². The Bertz CT molecular complexity index is 431. The molecule has 1 aliphatic heterocycles. The molecule has 0 saturated carbocycles. The van der Waals surface area contributed by atoms with Gasteiger partial charge < -0.3 is 19.5 Å². The van der Waals surface area contributed by atoms with E-state index < -0.39 is 0 Å². The van der Waals surface area contributed by atoms with Gasteiger partial charge in [-0.1, -0.05) is 0 Å². The van der Waals surface area contributed by atoms with Crippen molar-refractivity contribution in [1.29, 1.82) is 0 Å². The van der Waals surface area contributed by atoms with Crippen LogP contribution in [0.4, 0.5) is 0 Å². The lowest BCUT2D eigenvalue weighted by molar-refractivity contribution is 0.180. The van der Waals surface area contributed by atoms with Gasteiger partial charge in [0.1, 0.15) is 11.5 Å². The lowest BCUT2D eigenvalue weighted by Crippen LogP contribution is -2.42. The summed E-state index contributed by atoms with van der Waals surface area (Å²) in [6, 6.07) is 4.03. The molecule has 5 nitrogen and oxygen atoms in total. The maximum absolute atomic E-state index is 5.59. The van der Waals surface area contributed by atoms with Crippen LogP contribution < -0.4 is 14.8 Å². The number of nitrogens with one attached hydrogen (secondary N) is 1. The molecule has 1 heterocycles. The van der Waals surface area contributed by atoms with E-state index in [0.29, 0.717) is 6.61 Å². The van der Waals surface area contributed by atoms with Gasteiger partial charge in [-0.05, 0) is 12.1 Å². The van der Waals surface area contributed by atoms with Gasteiger partial charge in [0.05, 0.1) is 20.8 Å². The number of ether oxygens (including phenoxy) is 3. The lowest BCUT2D eigenvalue weighted by atomic mass is 10.1. The van der Waals surface area contributed by atoms with Gasteiger partial charge >= 0.3 is 0 Å². The Morgan fingerprint density at radius 3 is 2.35 bits per heavy atom. The largest absolute Gasteiger partial charge is 0.497 e. The zero-order valence-corrected chi connectivity index (χ0v) is 12.6. The van der Waals surface area contributed by atoms with E-state index in [4.69, 9.17) is 14.2 Å². The number of hydrogen-bond acceptors (Lipinski definition) is 5. The summed E-state index contributed by atoms with van der Waals surface area (Å²) in [5.74, 6) is 1.76. The van der Waals surface area contributed by atoms with Crippen molar-refractivity contribution in [3.05, 3.63) is 23.3 Å². The van der Waals surface area contributed by atoms with Gasteiger partial charge in [0, 0.05) is 51.0 Å². The van der Waals surface area contributed by atoms with Gasteiger partial charge in [-0.25, -0.2) is 0 Å². The van der Waals surface area contributed by atoms with E-state index in [-0.39, 0.29) is 0 Å². The molecule has 5 heteroatoms. The van der Waals surface area contributed by atoms with Gasteiger partial charge in [-0.15, -0.1) is 0 Å². The van der Waals surface area contributed by atoms with Crippen molar-refractivity contribution in [3.8, 4) is 11.5 Å². The Morgan fingerprint density at radius 2 is 1.75 bits per heavy atom. The smallest absolute Gasteiger partial charge is 0.129 e. The summed E-state index contributed by atoms with van der Waals surface area (Å²) in [6.45, 7) is 5.59. The fourth-order valence-corrected chi connectivity index (χ4v) is 2.59. The monoisotopic (exact) mass is 280 g/mol. The summed E-state index contributed by atoms with van der Waals surface area (Å²) in [4.78, 5) is 2.42. The Labute approximate surface area is 120 Å². The van der Waals surface area contributed by atoms with Crippen molar-refractivity contribution in [2.75, 3.05) is 47.5 Å². The zero-order valence-electron chi connectivity index (χ0n) is 12.6. The van der Waals surface area contributed by atoms with Crippen LogP contribution in [0.5, 0.6) is 11.5 Å². The van der Waals surface area contributed by atoms with Gasteiger partial charge in [0.15, 0.2) is 0 Å². The number of piperazine rings is 1. The fourth-order valence-electron chi connectivity index (χ4n) is 2.59. The minimum atomic E-state index is 0.523. The standard InChI is InChI=1S/C15H24N2O3/c1-18-11-13-9-14(19-2)8-12(15(13)20-3)10-17-6-4-16-5-7-17/h8-9,16H,4-7,10-11H2,1-3H3. The Kier molecular flexibility index (Phi) is 5.64. The molecular weight excluding hydrogens is 256 g/mol. The molecule has 112 valence electrons. The van der Waals surface area contributed by atoms with Crippen LogP contribution in [0.1, 0.15) is 11.1 Å². The third-order valence-electron chi connectivity index (χ3n) is 3.56. The molecule has 1 aromatic carbocycles. The molecular formula is C15H24N2O3. The summed E-state index contributed by atoms with van der Waals surface area (Å²) in [5.41, 5.74) is 2.18. The second kappa shape index (κ2) is 7.47. The van der Waals surface area contributed by atoms with Crippen molar-refractivity contribution in [3.63, 3.8) is 0 Å². The molecule has 1 aliphatic rings. The van der Waals surface area contributed by atoms with Crippen LogP contribution in [0, 0.1) is 0 Å². The highest BCUT2D eigenvalue weighted by Gasteiger charge is 2.16. The van der Waals surface area contributed by atoms with E-state index in [9.17, 15) is 0 Å². The minimum absolute atomic E-state index is 0.523. The molecule has 0 radical (unpaired) electrons. The van der Waals surface area contributed by atoms with Gasteiger partial charge in [-0.3, -0.25) is 4.90 Å². The number of nitrogens with zero attached hydrogens (tertiary/aromatic N) is 1. The highest BCUT2D eigenvalue weighted by Crippen LogP contribution is 2.31. The molecule has 0 bridgehead atoms. The van der Waals surface area contributed by atoms with E-state index in [2.05, 4.69) is 16.3 Å². The van der Waals surface area contributed by atoms with E-state index >= 15 is 0 Å². The van der Waals surface area contributed by atoms with Crippen LogP contribution in [0.3, 0.4) is 0 Å². The summed E-state index contributed by atoms with van der Waals surface area (Å²) in [6.07, 6.45) is 0. The van der Waals surface area contributed by atoms with E-state index in [0.717, 1.165) is 55.3 Å². The maximum Gasteiger partial charge on any atom is 0.129 e. The molecule has 2 rings (SSSR count). The first-order valence-corrected chi connectivity index (χ1v) is 6.94. The van der Waals surface area contributed by atoms with E-state index in [1.54, 1.807) is 21.3 Å². The molecule has 1 fully saturated rings. The molecule has 1 N–H and O–H groups in total. The van der Waals surface area contributed by atoms with Crippen molar-refractivity contribution >= 4 is 0 Å². The van der Waals surface area contributed by atoms with E-state index in [1.165, 1.54) is 0 Å². The molecule has 0 atom stereocenters. The summed E-state index contributed by atoms with van der Waals surface area (Å²) >= 11 is 0. The minimum Gasteiger partial charge on any atom is -0.497 e. The summed E-state index contributed by atoms with van der Waals surface area (Å²) in [7, 11) is 5.09. The molecule has 0 aromatic heterocycles. The summed E-state index contributed by atoms with van der Waals surface area (Å²) < 4.78 is 16.2. The second-order valence-corrected chi connectivity index (χ2v) is 4.94. The third kappa shape index (κ3) is 3.62. The molecule has 0 aliphatic carbocycles. The van der Waals surface area contributed by atoms with Crippen LogP contribution in [0.2, 0.25) is 0 Å². The zero-order chi connectivity index (χ0) is 14.4. The highest BCUT2D eigenvalue weighted by molar-refractivity contribution is 5.47. The number of hydrogen-bond donors (Lipinski definition) is 1. The molecule has 1 aromatic rings. The molecule has 0 unspecified atom stereocenters. The predicted octanol–water partition coefficient (Wildman–Crippen LogP) is 1.26. The Hall–Kier alpha value is -1.30. The van der Waals surface area contributed by atoms with Gasteiger partial charge in [-0.2, -0.15) is 0 Å². The molecule has 0 spiro atoms. The Morgan fingerprint density at radius 1 is 1.05 bits per heavy atom. The molecule has 0 amide bonds. The molecule has 1 saturated heterocycles. The first-order valence-electron chi connectivity index (χ1n) is 6.94. The number of benzene rings is 1. The van der Waals surface area contributed by atoms with Crippen molar-refractivity contribution in [2.45, 2.75) is 13.2 Å². The van der Waals surface area contributed by atoms with Crippen LogP contribution in [-0.2, 0) is 17.9 Å². The average molecular weight is 280 g/mol. The first kappa shape index (κ1) is 15.1. The quantitative estimate of drug-likeness (QED) is 0.849. The van der Waals surface area contributed by atoms with E-state index in [1.807, 2.05) is 6.07 Å². The second-order valence-electron chi connectivity index (χ2n) is 4.94. The van der Waals surface area contributed by atoms with Crippen LogP contribution in [0.25, 0.3) is 0 Å².